The normalized spacial score (nSPS) is 21.8. The van der Waals surface area contributed by atoms with E-state index in [4.69, 9.17) is 14.5 Å². The molecule has 50 heavy (non-hydrogen) atoms. The molecular formula is C36H35F9N2O3. The topological polar surface area (TPSA) is 51.1 Å². The minimum absolute atomic E-state index is 0.00918. The number of rotatable bonds is 6. The number of amides is 1. The van der Waals surface area contributed by atoms with Gasteiger partial charge in [0.2, 0.25) is 0 Å². The summed E-state index contributed by atoms with van der Waals surface area (Å²) in [5.41, 5.74) is -2.74. The highest BCUT2D eigenvalue weighted by molar-refractivity contribution is 6.14. The van der Waals surface area contributed by atoms with Gasteiger partial charge in [0.1, 0.15) is 17.6 Å². The summed E-state index contributed by atoms with van der Waals surface area (Å²) < 4.78 is 135. The maximum Gasteiger partial charge on any atom is 0.417 e. The molecule has 1 aliphatic carbocycles. The standard InChI is InChI=1S/C36H35F9N2O3/c1-19-9-10-26(27(13-19)36(43,44)45)28-7-6-8-29(49-5)30(46-28)25-11-12-33(3,4)17-22(25)18-47-20(2)31(50-32(47)48)21-14-23(34(37,38)39)16-24(15-21)35(40,41)42/h7-10,13-16,20,31H,6,11-12,17-18H2,1-5H3. The van der Waals surface area contributed by atoms with E-state index in [0.717, 1.165) is 6.07 Å². The lowest BCUT2D eigenvalue weighted by atomic mass is 9.73. The zero-order valence-corrected chi connectivity index (χ0v) is 27.8. The highest BCUT2D eigenvalue weighted by Gasteiger charge is 2.44. The summed E-state index contributed by atoms with van der Waals surface area (Å²) in [6.07, 6.45) is -12.3. The fourth-order valence-corrected chi connectivity index (χ4v) is 6.64. The minimum atomic E-state index is -5.09. The van der Waals surface area contributed by atoms with Gasteiger partial charge in [-0.05, 0) is 92.0 Å². The van der Waals surface area contributed by atoms with Crippen LogP contribution in [-0.2, 0) is 28.0 Å². The van der Waals surface area contributed by atoms with Gasteiger partial charge in [-0.1, -0.05) is 37.6 Å². The Morgan fingerprint density at radius 2 is 1.58 bits per heavy atom. The average Bonchev–Trinajstić information content (AvgIpc) is 3.15. The number of hydrogen-bond donors (Lipinski definition) is 0. The molecule has 2 aromatic carbocycles. The van der Waals surface area contributed by atoms with Crippen LogP contribution >= 0.6 is 0 Å². The monoisotopic (exact) mass is 714 g/mol. The summed E-state index contributed by atoms with van der Waals surface area (Å²) >= 11 is 0. The smallest absolute Gasteiger partial charge is 0.417 e. The number of allylic oxidation sites excluding steroid dienone is 3. The number of carbonyl (C=O) groups is 1. The summed E-state index contributed by atoms with van der Waals surface area (Å²) in [7, 11) is 1.40. The number of benzene rings is 2. The van der Waals surface area contributed by atoms with Crippen LogP contribution in [0.1, 0.15) is 85.9 Å². The second-order valence-corrected chi connectivity index (χ2v) is 13.5. The molecule has 2 unspecified atom stereocenters. The number of cyclic esters (lactones) is 1. The molecule has 1 fully saturated rings. The van der Waals surface area contributed by atoms with Crippen molar-refractivity contribution in [2.24, 2.45) is 10.4 Å². The van der Waals surface area contributed by atoms with Crippen LogP contribution in [0, 0.1) is 12.3 Å². The second kappa shape index (κ2) is 13.1. The van der Waals surface area contributed by atoms with Gasteiger partial charge in [0, 0.05) is 12.1 Å². The Morgan fingerprint density at radius 1 is 0.940 bits per heavy atom. The van der Waals surface area contributed by atoms with Crippen molar-refractivity contribution in [3.05, 3.63) is 98.8 Å². The van der Waals surface area contributed by atoms with Gasteiger partial charge in [-0.3, -0.25) is 4.90 Å². The number of nitrogens with zero attached hydrogens (tertiary/aromatic N) is 2. The van der Waals surface area contributed by atoms with Crippen LogP contribution in [0.15, 0.2) is 70.4 Å². The Balaban J connectivity index is 1.58. The maximum atomic E-state index is 14.2. The van der Waals surface area contributed by atoms with Crippen molar-refractivity contribution in [3.63, 3.8) is 0 Å². The van der Waals surface area contributed by atoms with Crippen molar-refractivity contribution < 1.29 is 53.8 Å². The fraction of sp³-hybridized carbons (Fsp3) is 0.444. The van der Waals surface area contributed by atoms with E-state index in [1.807, 2.05) is 13.8 Å². The van der Waals surface area contributed by atoms with E-state index in [-0.39, 0.29) is 41.4 Å². The van der Waals surface area contributed by atoms with Gasteiger partial charge in [-0.2, -0.15) is 39.5 Å². The molecule has 0 bridgehead atoms. The average molecular weight is 715 g/mol. The summed E-state index contributed by atoms with van der Waals surface area (Å²) in [4.78, 5) is 19.3. The van der Waals surface area contributed by atoms with E-state index in [1.165, 1.54) is 25.0 Å². The van der Waals surface area contributed by atoms with Crippen molar-refractivity contribution in [3.8, 4) is 0 Å². The zero-order valence-electron chi connectivity index (χ0n) is 27.8. The lowest BCUT2D eigenvalue weighted by molar-refractivity contribution is -0.143. The molecular weight excluding hydrogens is 679 g/mol. The Kier molecular flexibility index (Phi) is 9.74. The lowest BCUT2D eigenvalue weighted by Gasteiger charge is -2.36. The highest BCUT2D eigenvalue weighted by atomic mass is 19.4. The molecule has 5 nitrogen and oxygen atoms in total. The van der Waals surface area contributed by atoms with Crippen LogP contribution in [0.3, 0.4) is 0 Å². The van der Waals surface area contributed by atoms with Crippen molar-refractivity contribution in [1.29, 1.82) is 0 Å². The minimum Gasteiger partial charge on any atom is -0.495 e. The summed E-state index contributed by atoms with van der Waals surface area (Å²) in [5.74, 6) is 0.308. The molecule has 270 valence electrons. The van der Waals surface area contributed by atoms with Crippen molar-refractivity contribution in [1.82, 2.24) is 4.90 Å². The van der Waals surface area contributed by atoms with Crippen LogP contribution in [0.4, 0.5) is 44.3 Å². The molecule has 0 radical (unpaired) electrons. The van der Waals surface area contributed by atoms with E-state index in [9.17, 15) is 44.3 Å². The van der Waals surface area contributed by atoms with Gasteiger partial charge in [0.15, 0.2) is 0 Å². The number of alkyl halides is 9. The molecule has 2 atom stereocenters. The first kappa shape index (κ1) is 37.0. The molecule has 1 amide bonds. The van der Waals surface area contributed by atoms with Gasteiger partial charge in [-0.15, -0.1) is 0 Å². The Bertz CT molecular complexity index is 1760. The molecule has 0 aromatic heterocycles. The summed E-state index contributed by atoms with van der Waals surface area (Å²) in [5, 5.41) is 0. The third-order valence-electron chi connectivity index (χ3n) is 9.20. The number of ether oxygens (including phenoxy) is 2. The molecule has 2 aliphatic heterocycles. The molecule has 2 aromatic rings. The van der Waals surface area contributed by atoms with Gasteiger partial charge in [-0.25, -0.2) is 9.79 Å². The highest BCUT2D eigenvalue weighted by Crippen LogP contribution is 2.45. The maximum absolute atomic E-state index is 14.2. The molecule has 0 spiro atoms. The molecule has 3 aliphatic rings. The first-order valence-corrected chi connectivity index (χ1v) is 15.8. The quantitative estimate of drug-likeness (QED) is 0.280. The summed E-state index contributed by atoms with van der Waals surface area (Å²) in [6, 6.07) is 4.09. The number of carbonyl (C=O) groups excluding carboxylic acids is 1. The number of aliphatic imine (C=N–C) groups is 1. The first-order chi connectivity index (χ1) is 23.1. The zero-order chi connectivity index (χ0) is 37.0. The number of aryl methyl sites for hydroxylation is 1. The Labute approximate surface area is 283 Å². The fourth-order valence-electron chi connectivity index (χ4n) is 6.64. The third kappa shape index (κ3) is 7.73. The van der Waals surface area contributed by atoms with Crippen LogP contribution < -0.4 is 0 Å². The molecule has 2 heterocycles. The lowest BCUT2D eigenvalue weighted by Crippen LogP contribution is -2.36. The molecule has 5 rings (SSSR count). The molecule has 1 saturated heterocycles. The van der Waals surface area contributed by atoms with Gasteiger partial charge >= 0.3 is 24.6 Å². The number of hydrogen-bond acceptors (Lipinski definition) is 4. The molecule has 0 saturated carbocycles. The Hall–Kier alpha value is -4.23. The van der Waals surface area contributed by atoms with E-state index in [1.54, 1.807) is 25.1 Å². The van der Waals surface area contributed by atoms with Gasteiger partial charge in [0.05, 0.1) is 35.5 Å². The van der Waals surface area contributed by atoms with Crippen LogP contribution in [-0.4, -0.2) is 36.4 Å². The predicted molar refractivity (Wildman–Crippen MR) is 168 cm³/mol. The van der Waals surface area contributed by atoms with Crippen molar-refractivity contribution >= 4 is 17.5 Å². The molecule has 0 N–H and O–H groups in total. The van der Waals surface area contributed by atoms with Crippen molar-refractivity contribution in [2.75, 3.05) is 13.7 Å². The predicted octanol–water partition coefficient (Wildman–Crippen LogP) is 10.9. The van der Waals surface area contributed by atoms with E-state index in [2.05, 4.69) is 0 Å². The number of halogens is 9. The van der Waals surface area contributed by atoms with E-state index < -0.39 is 59.0 Å². The van der Waals surface area contributed by atoms with Crippen LogP contribution in [0.25, 0.3) is 5.70 Å². The van der Waals surface area contributed by atoms with Crippen molar-refractivity contribution in [2.45, 2.75) is 84.1 Å². The SMILES string of the molecule is COC1=CCC=C(c2ccc(C)cc2C(F)(F)F)N=C1C1=C(CN2C(=O)OC(c3cc(C(F)(F)F)cc(C(F)(F)F)c3)C2C)CC(C)(C)CC1. The van der Waals surface area contributed by atoms with E-state index >= 15 is 0 Å². The second-order valence-electron chi connectivity index (χ2n) is 13.5. The first-order valence-electron chi connectivity index (χ1n) is 15.8. The van der Waals surface area contributed by atoms with Gasteiger partial charge < -0.3 is 9.47 Å². The van der Waals surface area contributed by atoms with Crippen LogP contribution in [0.5, 0.6) is 0 Å². The van der Waals surface area contributed by atoms with E-state index in [0.29, 0.717) is 53.9 Å². The largest absolute Gasteiger partial charge is 0.495 e. The number of methoxy groups -OCH3 is 1. The molecule has 14 heteroatoms. The van der Waals surface area contributed by atoms with Crippen LogP contribution in [0.2, 0.25) is 0 Å². The Morgan fingerprint density at radius 3 is 2.16 bits per heavy atom. The van der Waals surface area contributed by atoms with Gasteiger partial charge in [0.25, 0.3) is 0 Å². The third-order valence-corrected chi connectivity index (χ3v) is 9.20. The summed E-state index contributed by atoms with van der Waals surface area (Å²) in [6.45, 7) is 6.90.